The third kappa shape index (κ3) is 3.27. The Hall–Kier alpha value is -2.89. The third-order valence-corrected chi connectivity index (χ3v) is 4.84. The highest BCUT2D eigenvalue weighted by Gasteiger charge is 2.23. The van der Waals surface area contributed by atoms with E-state index >= 15 is 0 Å². The number of amides is 1. The number of rotatable bonds is 4. The van der Waals surface area contributed by atoms with Crippen LogP contribution in [-0.4, -0.2) is 38.8 Å². The monoisotopic (exact) mass is 349 g/mol. The molecule has 2 aromatic heterocycles. The van der Waals surface area contributed by atoms with E-state index in [-0.39, 0.29) is 5.91 Å². The van der Waals surface area contributed by atoms with Crippen molar-refractivity contribution in [2.75, 3.05) is 18.4 Å². The number of aryl methyl sites for hydroxylation is 2. The number of hydrogen-bond acceptors (Lipinski definition) is 4. The van der Waals surface area contributed by atoms with E-state index in [9.17, 15) is 4.79 Å². The van der Waals surface area contributed by atoms with Gasteiger partial charge in [-0.15, -0.1) is 0 Å². The molecule has 1 aliphatic rings. The van der Waals surface area contributed by atoms with Crippen LogP contribution in [-0.2, 0) is 17.8 Å². The molecule has 1 aromatic carbocycles. The number of para-hydroxylation sites is 1. The van der Waals surface area contributed by atoms with Crippen LogP contribution in [0, 0.1) is 13.8 Å². The van der Waals surface area contributed by atoms with E-state index in [1.54, 1.807) is 0 Å². The Labute approximate surface area is 152 Å². The number of benzene rings is 1. The van der Waals surface area contributed by atoms with E-state index < -0.39 is 0 Å². The first kappa shape index (κ1) is 16.6. The van der Waals surface area contributed by atoms with Crippen molar-refractivity contribution in [3.8, 4) is 0 Å². The van der Waals surface area contributed by atoms with Crippen LogP contribution in [0.25, 0.3) is 10.9 Å². The van der Waals surface area contributed by atoms with Crippen LogP contribution < -0.4 is 5.32 Å². The van der Waals surface area contributed by atoms with Crippen molar-refractivity contribution < 1.29 is 4.79 Å². The van der Waals surface area contributed by atoms with Crippen molar-refractivity contribution >= 4 is 22.8 Å². The molecule has 0 atom stereocenters. The fourth-order valence-corrected chi connectivity index (χ4v) is 3.65. The highest BCUT2D eigenvalue weighted by atomic mass is 16.2. The molecule has 4 rings (SSSR count). The summed E-state index contributed by atoms with van der Waals surface area (Å²) in [7, 11) is 0. The Morgan fingerprint density at radius 2 is 2.00 bits per heavy atom. The first-order chi connectivity index (χ1) is 12.6. The molecule has 0 saturated carbocycles. The Bertz CT molecular complexity index is 942. The summed E-state index contributed by atoms with van der Waals surface area (Å²) >= 11 is 0. The van der Waals surface area contributed by atoms with Gasteiger partial charge in [0.2, 0.25) is 11.9 Å². The molecule has 3 heterocycles. The molecule has 26 heavy (non-hydrogen) atoms. The summed E-state index contributed by atoms with van der Waals surface area (Å²) in [6.07, 6.45) is 1.34. The molecule has 2 N–H and O–H groups in total. The number of carbonyl (C=O) groups excluding carboxylic acids is 1. The van der Waals surface area contributed by atoms with Gasteiger partial charge in [0.25, 0.3) is 0 Å². The van der Waals surface area contributed by atoms with Crippen molar-refractivity contribution in [1.29, 1.82) is 0 Å². The molecule has 134 valence electrons. The molecule has 0 spiro atoms. The largest absolute Gasteiger partial charge is 0.357 e. The summed E-state index contributed by atoms with van der Waals surface area (Å²) in [5.74, 6) is 0.748. The minimum atomic E-state index is 0.159. The van der Waals surface area contributed by atoms with Gasteiger partial charge in [-0.05, 0) is 38.0 Å². The summed E-state index contributed by atoms with van der Waals surface area (Å²) in [4.78, 5) is 26.7. The van der Waals surface area contributed by atoms with E-state index in [4.69, 9.17) is 0 Å². The zero-order chi connectivity index (χ0) is 18.1. The number of aromatic amines is 1. The lowest BCUT2D eigenvalue weighted by Crippen LogP contribution is -2.36. The quantitative estimate of drug-likeness (QED) is 0.759. The summed E-state index contributed by atoms with van der Waals surface area (Å²) in [5, 5.41) is 4.44. The lowest BCUT2D eigenvalue weighted by molar-refractivity contribution is -0.131. The number of fused-ring (bicyclic) bond motifs is 3. The lowest BCUT2D eigenvalue weighted by atomic mass is 10.0. The molecule has 0 bridgehead atoms. The van der Waals surface area contributed by atoms with Crippen LogP contribution in [0.2, 0.25) is 0 Å². The zero-order valence-corrected chi connectivity index (χ0v) is 15.2. The highest BCUT2D eigenvalue weighted by Crippen LogP contribution is 2.27. The second-order valence-electron chi connectivity index (χ2n) is 6.84. The summed E-state index contributed by atoms with van der Waals surface area (Å²) in [5.41, 5.74) is 5.52. The SMILES string of the molecule is Cc1cc(C)nc(NCCC(=O)N2CCc3c([nH]c4ccccc34)C2)n1. The van der Waals surface area contributed by atoms with Gasteiger partial charge in [0, 0.05) is 47.5 Å². The Morgan fingerprint density at radius 1 is 1.23 bits per heavy atom. The van der Waals surface area contributed by atoms with Gasteiger partial charge in [0.05, 0.1) is 6.54 Å². The van der Waals surface area contributed by atoms with Crippen LogP contribution in [0.1, 0.15) is 29.1 Å². The molecular weight excluding hydrogens is 326 g/mol. The molecular formula is C20H23N5O. The van der Waals surface area contributed by atoms with Crippen molar-refractivity contribution in [1.82, 2.24) is 19.9 Å². The first-order valence-corrected chi connectivity index (χ1v) is 9.02. The van der Waals surface area contributed by atoms with Crippen LogP contribution in [0.4, 0.5) is 5.95 Å². The average Bonchev–Trinajstić information content (AvgIpc) is 2.98. The van der Waals surface area contributed by atoms with E-state index in [0.29, 0.717) is 25.5 Å². The second kappa shape index (κ2) is 6.78. The lowest BCUT2D eigenvalue weighted by Gasteiger charge is -2.27. The van der Waals surface area contributed by atoms with E-state index in [2.05, 4.69) is 38.5 Å². The molecule has 0 radical (unpaired) electrons. The smallest absolute Gasteiger partial charge is 0.224 e. The maximum absolute atomic E-state index is 12.6. The van der Waals surface area contributed by atoms with E-state index in [0.717, 1.165) is 35.6 Å². The van der Waals surface area contributed by atoms with Gasteiger partial charge in [-0.25, -0.2) is 9.97 Å². The fraction of sp³-hybridized carbons (Fsp3) is 0.350. The number of aromatic nitrogens is 3. The topological polar surface area (TPSA) is 73.9 Å². The summed E-state index contributed by atoms with van der Waals surface area (Å²) < 4.78 is 0. The molecule has 1 aliphatic heterocycles. The highest BCUT2D eigenvalue weighted by molar-refractivity contribution is 5.85. The van der Waals surface area contributed by atoms with Crippen molar-refractivity contribution in [3.63, 3.8) is 0 Å². The second-order valence-corrected chi connectivity index (χ2v) is 6.84. The van der Waals surface area contributed by atoms with Gasteiger partial charge < -0.3 is 15.2 Å². The maximum atomic E-state index is 12.6. The summed E-state index contributed by atoms with van der Waals surface area (Å²) in [6, 6.07) is 10.3. The van der Waals surface area contributed by atoms with E-state index in [1.165, 1.54) is 10.9 Å². The number of H-pyrrole nitrogens is 1. The third-order valence-electron chi connectivity index (χ3n) is 4.84. The predicted octanol–water partition coefficient (Wildman–Crippen LogP) is 2.96. The van der Waals surface area contributed by atoms with Crippen LogP contribution in [0.5, 0.6) is 0 Å². The van der Waals surface area contributed by atoms with E-state index in [1.807, 2.05) is 30.9 Å². The number of hydrogen-bond donors (Lipinski definition) is 2. The Morgan fingerprint density at radius 3 is 2.81 bits per heavy atom. The number of nitrogens with zero attached hydrogens (tertiary/aromatic N) is 3. The number of anilines is 1. The van der Waals surface area contributed by atoms with Gasteiger partial charge >= 0.3 is 0 Å². The predicted molar refractivity (Wildman–Crippen MR) is 102 cm³/mol. The number of carbonyl (C=O) groups is 1. The minimum Gasteiger partial charge on any atom is -0.357 e. The molecule has 6 heteroatoms. The molecule has 0 unspecified atom stereocenters. The van der Waals surface area contributed by atoms with Gasteiger partial charge in [-0.2, -0.15) is 0 Å². The summed E-state index contributed by atoms with van der Waals surface area (Å²) in [6.45, 7) is 5.85. The van der Waals surface area contributed by atoms with Crippen LogP contribution in [0.3, 0.4) is 0 Å². The molecule has 1 amide bonds. The minimum absolute atomic E-state index is 0.159. The Kier molecular flexibility index (Phi) is 4.32. The normalized spacial score (nSPS) is 13.7. The Balaban J connectivity index is 1.37. The average molecular weight is 349 g/mol. The van der Waals surface area contributed by atoms with Gasteiger partial charge in [-0.1, -0.05) is 18.2 Å². The maximum Gasteiger partial charge on any atom is 0.224 e. The molecule has 0 aliphatic carbocycles. The van der Waals surface area contributed by atoms with Crippen molar-refractivity contribution in [2.45, 2.75) is 33.2 Å². The molecule has 0 fully saturated rings. The molecule has 3 aromatic rings. The standard InChI is InChI=1S/C20H23N5O/c1-13-11-14(2)23-20(22-13)21-9-7-19(26)25-10-8-16-15-5-3-4-6-17(15)24-18(16)12-25/h3-6,11,24H,7-10,12H2,1-2H3,(H,21,22,23). The molecule has 0 saturated heterocycles. The number of nitrogens with one attached hydrogen (secondary N) is 2. The van der Waals surface area contributed by atoms with Crippen molar-refractivity contribution in [2.24, 2.45) is 0 Å². The van der Waals surface area contributed by atoms with Crippen LogP contribution in [0.15, 0.2) is 30.3 Å². The van der Waals surface area contributed by atoms with Gasteiger partial charge in [0.1, 0.15) is 0 Å². The first-order valence-electron chi connectivity index (χ1n) is 9.02. The zero-order valence-electron chi connectivity index (χ0n) is 15.2. The van der Waals surface area contributed by atoms with Crippen molar-refractivity contribution in [3.05, 3.63) is 53.0 Å². The van der Waals surface area contributed by atoms with Crippen LogP contribution >= 0.6 is 0 Å². The molecule has 6 nitrogen and oxygen atoms in total. The van der Waals surface area contributed by atoms with Gasteiger partial charge in [0.15, 0.2) is 0 Å². The van der Waals surface area contributed by atoms with Gasteiger partial charge in [-0.3, -0.25) is 4.79 Å². The fourth-order valence-electron chi connectivity index (χ4n) is 3.65.